The van der Waals surface area contributed by atoms with Crippen LogP contribution in [0.5, 0.6) is 0 Å². The van der Waals surface area contributed by atoms with E-state index in [0.29, 0.717) is 5.92 Å². The average molecular weight is 391 g/mol. The van der Waals surface area contributed by atoms with Crippen LogP contribution in [0.15, 0.2) is 29.3 Å². The van der Waals surface area contributed by atoms with Crippen molar-refractivity contribution in [2.75, 3.05) is 53.1 Å². The lowest BCUT2D eigenvalue weighted by Gasteiger charge is -2.18. The molecule has 0 spiro atoms. The molecule has 0 radical (unpaired) electrons. The molecule has 1 unspecified atom stereocenters. The summed E-state index contributed by atoms with van der Waals surface area (Å²) < 4.78 is 11.1. The van der Waals surface area contributed by atoms with Crippen LogP contribution in [0.4, 0.5) is 0 Å². The standard InChI is InChI=1S/C22H38N4O2/c1-4-26(5-2)16-20-9-7-19(8-10-20)15-25-22(23-3)24-12-6-13-27-17-21-11-14-28-18-21/h7-10,21H,4-6,11-18H2,1-3H3,(H2,23,24,25). The molecule has 0 saturated carbocycles. The van der Waals surface area contributed by atoms with Crippen LogP contribution in [0.3, 0.4) is 0 Å². The van der Waals surface area contributed by atoms with E-state index in [9.17, 15) is 0 Å². The van der Waals surface area contributed by atoms with Crippen LogP contribution >= 0.6 is 0 Å². The first-order chi connectivity index (χ1) is 13.7. The van der Waals surface area contributed by atoms with E-state index in [-0.39, 0.29) is 0 Å². The summed E-state index contributed by atoms with van der Waals surface area (Å²) in [5.74, 6) is 1.41. The van der Waals surface area contributed by atoms with Gasteiger partial charge in [0.1, 0.15) is 0 Å². The number of benzene rings is 1. The van der Waals surface area contributed by atoms with Crippen LogP contribution in [0.25, 0.3) is 0 Å². The Bertz CT molecular complexity index is 552. The number of rotatable bonds is 12. The summed E-state index contributed by atoms with van der Waals surface area (Å²) in [7, 11) is 1.80. The molecule has 0 aliphatic carbocycles. The second kappa shape index (κ2) is 13.5. The molecule has 1 aromatic carbocycles. The average Bonchev–Trinajstić information content (AvgIpc) is 3.25. The van der Waals surface area contributed by atoms with Gasteiger partial charge < -0.3 is 20.1 Å². The maximum Gasteiger partial charge on any atom is 0.191 e. The molecule has 2 rings (SSSR count). The third-order valence-electron chi connectivity index (χ3n) is 5.14. The van der Waals surface area contributed by atoms with E-state index in [4.69, 9.17) is 9.47 Å². The van der Waals surface area contributed by atoms with Gasteiger partial charge in [-0.15, -0.1) is 0 Å². The predicted octanol–water partition coefficient (Wildman–Crippen LogP) is 2.64. The molecule has 1 saturated heterocycles. The van der Waals surface area contributed by atoms with E-state index in [1.54, 1.807) is 7.05 Å². The fourth-order valence-electron chi connectivity index (χ4n) is 3.22. The monoisotopic (exact) mass is 390 g/mol. The number of nitrogens with zero attached hydrogens (tertiary/aromatic N) is 2. The van der Waals surface area contributed by atoms with Gasteiger partial charge in [0, 0.05) is 45.8 Å². The summed E-state index contributed by atoms with van der Waals surface area (Å²) in [5, 5.41) is 6.72. The van der Waals surface area contributed by atoms with Gasteiger partial charge in [0.2, 0.25) is 0 Å². The summed E-state index contributed by atoms with van der Waals surface area (Å²) in [6.07, 6.45) is 2.10. The van der Waals surface area contributed by atoms with Gasteiger partial charge in [-0.2, -0.15) is 0 Å². The fourth-order valence-corrected chi connectivity index (χ4v) is 3.22. The molecule has 0 bridgehead atoms. The Morgan fingerprint density at radius 2 is 1.93 bits per heavy atom. The minimum Gasteiger partial charge on any atom is -0.381 e. The smallest absolute Gasteiger partial charge is 0.191 e. The van der Waals surface area contributed by atoms with Crippen molar-refractivity contribution < 1.29 is 9.47 Å². The zero-order chi connectivity index (χ0) is 20.0. The van der Waals surface area contributed by atoms with Crippen LogP contribution < -0.4 is 10.6 Å². The zero-order valence-electron chi connectivity index (χ0n) is 17.9. The highest BCUT2D eigenvalue weighted by Gasteiger charge is 2.15. The zero-order valence-corrected chi connectivity index (χ0v) is 17.9. The topological polar surface area (TPSA) is 58.1 Å². The second-order valence-corrected chi connectivity index (χ2v) is 7.29. The maximum absolute atomic E-state index is 5.73. The number of nitrogens with one attached hydrogen (secondary N) is 2. The molecule has 158 valence electrons. The number of guanidine groups is 1. The van der Waals surface area contributed by atoms with Gasteiger partial charge in [0.15, 0.2) is 5.96 Å². The van der Waals surface area contributed by atoms with Crippen molar-refractivity contribution in [3.8, 4) is 0 Å². The molecule has 1 aliphatic heterocycles. The molecule has 1 heterocycles. The largest absolute Gasteiger partial charge is 0.381 e. The second-order valence-electron chi connectivity index (χ2n) is 7.29. The first-order valence-corrected chi connectivity index (χ1v) is 10.6. The van der Waals surface area contributed by atoms with Crippen molar-refractivity contribution in [1.29, 1.82) is 0 Å². The maximum atomic E-state index is 5.73. The van der Waals surface area contributed by atoms with Crippen LogP contribution in [-0.2, 0) is 22.6 Å². The van der Waals surface area contributed by atoms with Gasteiger partial charge in [-0.3, -0.25) is 9.89 Å². The van der Waals surface area contributed by atoms with E-state index in [1.165, 1.54) is 11.1 Å². The summed E-state index contributed by atoms with van der Waals surface area (Å²) >= 11 is 0. The van der Waals surface area contributed by atoms with E-state index < -0.39 is 0 Å². The van der Waals surface area contributed by atoms with Gasteiger partial charge in [0.05, 0.1) is 13.2 Å². The van der Waals surface area contributed by atoms with Crippen molar-refractivity contribution in [3.63, 3.8) is 0 Å². The first kappa shape index (κ1) is 22.7. The highest BCUT2D eigenvalue weighted by atomic mass is 16.5. The van der Waals surface area contributed by atoms with Crippen LogP contribution in [0, 0.1) is 5.92 Å². The van der Waals surface area contributed by atoms with Gasteiger partial charge >= 0.3 is 0 Å². The molecule has 6 nitrogen and oxygen atoms in total. The number of hydrogen-bond donors (Lipinski definition) is 2. The van der Waals surface area contributed by atoms with Gasteiger partial charge in [0.25, 0.3) is 0 Å². The van der Waals surface area contributed by atoms with Crippen molar-refractivity contribution in [1.82, 2.24) is 15.5 Å². The van der Waals surface area contributed by atoms with Crippen LogP contribution in [-0.4, -0.2) is 64.0 Å². The Labute approximate surface area is 170 Å². The molecule has 1 aliphatic rings. The first-order valence-electron chi connectivity index (χ1n) is 10.6. The van der Waals surface area contributed by atoms with Crippen LogP contribution in [0.2, 0.25) is 0 Å². The molecule has 2 N–H and O–H groups in total. The van der Waals surface area contributed by atoms with Gasteiger partial charge in [-0.1, -0.05) is 38.1 Å². The van der Waals surface area contributed by atoms with E-state index in [0.717, 1.165) is 78.0 Å². The lowest BCUT2D eigenvalue weighted by molar-refractivity contribution is 0.0888. The van der Waals surface area contributed by atoms with Gasteiger partial charge in [-0.25, -0.2) is 0 Å². The Morgan fingerprint density at radius 1 is 1.18 bits per heavy atom. The SMILES string of the molecule is CCN(CC)Cc1ccc(CNC(=NC)NCCCOCC2CCOC2)cc1. The molecule has 1 fully saturated rings. The van der Waals surface area contributed by atoms with E-state index >= 15 is 0 Å². The van der Waals surface area contributed by atoms with Crippen molar-refractivity contribution in [2.45, 2.75) is 39.8 Å². The highest BCUT2D eigenvalue weighted by molar-refractivity contribution is 5.79. The number of hydrogen-bond acceptors (Lipinski definition) is 4. The lowest BCUT2D eigenvalue weighted by atomic mass is 10.1. The molecule has 6 heteroatoms. The van der Waals surface area contributed by atoms with Crippen molar-refractivity contribution in [2.24, 2.45) is 10.9 Å². The summed E-state index contributed by atoms with van der Waals surface area (Å²) in [6, 6.07) is 8.83. The lowest BCUT2D eigenvalue weighted by Crippen LogP contribution is -2.37. The minimum absolute atomic E-state index is 0.584. The van der Waals surface area contributed by atoms with Gasteiger partial charge in [-0.05, 0) is 37.1 Å². The highest BCUT2D eigenvalue weighted by Crippen LogP contribution is 2.12. The molecule has 1 aromatic rings. The molecular formula is C22H38N4O2. The van der Waals surface area contributed by atoms with E-state index in [1.807, 2.05) is 0 Å². The Morgan fingerprint density at radius 3 is 2.57 bits per heavy atom. The fraction of sp³-hybridized carbons (Fsp3) is 0.682. The number of ether oxygens (including phenoxy) is 2. The summed E-state index contributed by atoms with van der Waals surface area (Å²) in [5.41, 5.74) is 2.62. The number of aliphatic imine (C=N–C) groups is 1. The summed E-state index contributed by atoms with van der Waals surface area (Å²) in [4.78, 5) is 6.71. The summed E-state index contributed by atoms with van der Waals surface area (Å²) in [6.45, 7) is 12.5. The molecule has 0 aromatic heterocycles. The Balaban J connectivity index is 1.59. The predicted molar refractivity (Wildman–Crippen MR) is 116 cm³/mol. The third-order valence-corrected chi connectivity index (χ3v) is 5.14. The minimum atomic E-state index is 0.584. The van der Waals surface area contributed by atoms with Crippen molar-refractivity contribution in [3.05, 3.63) is 35.4 Å². The Hall–Kier alpha value is -1.63. The molecule has 1 atom stereocenters. The molecular weight excluding hydrogens is 352 g/mol. The normalized spacial score (nSPS) is 17.3. The quantitative estimate of drug-likeness (QED) is 0.326. The van der Waals surface area contributed by atoms with Crippen LogP contribution in [0.1, 0.15) is 37.8 Å². The van der Waals surface area contributed by atoms with E-state index in [2.05, 4.69) is 58.6 Å². The Kier molecular flexibility index (Phi) is 10.9. The third kappa shape index (κ3) is 8.59. The molecule has 28 heavy (non-hydrogen) atoms. The van der Waals surface area contributed by atoms with Crippen molar-refractivity contribution >= 4 is 5.96 Å². The molecule has 0 amide bonds.